The summed E-state index contributed by atoms with van der Waals surface area (Å²) in [5.74, 6) is -1.33. The Hall–Kier alpha value is -2.17. The molecule has 110 valence electrons. The number of ether oxygens (including phenoxy) is 1. The van der Waals surface area contributed by atoms with Crippen LogP contribution in [0.2, 0.25) is 0 Å². The van der Waals surface area contributed by atoms with E-state index in [2.05, 4.69) is 10.1 Å². The monoisotopic (exact) mass is 304 g/mol. The van der Waals surface area contributed by atoms with Crippen LogP contribution in [-0.4, -0.2) is 42.8 Å². The molecule has 1 aromatic carbocycles. The summed E-state index contributed by atoms with van der Waals surface area (Å²) in [6, 6.07) is 3.43. The quantitative estimate of drug-likeness (QED) is 0.549. The Kier molecular flexibility index (Phi) is 5.02. The topological polar surface area (TPSA) is 156 Å². The Bertz CT molecular complexity index is 614. The number of benzene rings is 1. The highest BCUT2D eigenvalue weighted by molar-refractivity contribution is 7.85. The van der Waals surface area contributed by atoms with Crippen molar-refractivity contribution >= 4 is 27.9 Å². The Morgan fingerprint density at radius 3 is 2.60 bits per heavy atom. The van der Waals surface area contributed by atoms with Gasteiger partial charge in [0.1, 0.15) is 12.6 Å². The minimum Gasteiger partial charge on any atom is -0.480 e. The summed E-state index contributed by atoms with van der Waals surface area (Å²) in [6.07, 6.45) is -1.01. The van der Waals surface area contributed by atoms with Gasteiger partial charge in [-0.1, -0.05) is 6.07 Å². The third-order valence-electron chi connectivity index (χ3n) is 2.09. The van der Waals surface area contributed by atoms with E-state index < -0.39 is 39.7 Å². The van der Waals surface area contributed by atoms with Crippen molar-refractivity contribution in [2.45, 2.75) is 10.9 Å². The zero-order chi connectivity index (χ0) is 15.3. The standard InChI is InChI=1S/C10H12N2O7S/c11-8(9(13)14)5-19-10(15)12-6-2-1-3-7(4-6)20(16,17)18/h1-4,8H,5,11H2,(H,12,15)(H,13,14)(H,16,17,18). The summed E-state index contributed by atoms with van der Waals surface area (Å²) in [4.78, 5) is 21.3. The number of carboxylic acids is 1. The molecular weight excluding hydrogens is 292 g/mol. The molecule has 0 aliphatic heterocycles. The molecule has 0 radical (unpaired) electrons. The molecule has 0 aliphatic carbocycles. The number of rotatable bonds is 5. The van der Waals surface area contributed by atoms with Gasteiger partial charge in [0, 0.05) is 5.69 Å². The number of amides is 1. The van der Waals surface area contributed by atoms with E-state index in [1.54, 1.807) is 0 Å². The van der Waals surface area contributed by atoms with E-state index in [1.165, 1.54) is 12.1 Å². The molecule has 20 heavy (non-hydrogen) atoms. The number of nitrogens with two attached hydrogens (primary N) is 1. The SMILES string of the molecule is NC(COC(=O)Nc1cccc(S(=O)(=O)O)c1)C(=O)O. The molecule has 1 unspecified atom stereocenters. The van der Waals surface area contributed by atoms with Crippen LogP contribution in [0.1, 0.15) is 0 Å². The molecule has 1 aromatic rings. The van der Waals surface area contributed by atoms with Crippen LogP contribution in [0.4, 0.5) is 10.5 Å². The molecule has 1 amide bonds. The molecule has 0 aromatic heterocycles. The number of hydrogen-bond acceptors (Lipinski definition) is 6. The van der Waals surface area contributed by atoms with Gasteiger partial charge in [-0.05, 0) is 18.2 Å². The summed E-state index contributed by atoms with van der Waals surface area (Å²) < 4.78 is 35.1. The van der Waals surface area contributed by atoms with Crippen molar-refractivity contribution in [1.29, 1.82) is 0 Å². The van der Waals surface area contributed by atoms with E-state index in [1.807, 2.05) is 0 Å². The fourth-order valence-corrected chi connectivity index (χ4v) is 1.65. The van der Waals surface area contributed by atoms with Crippen molar-refractivity contribution in [3.8, 4) is 0 Å². The van der Waals surface area contributed by atoms with Crippen LogP contribution >= 0.6 is 0 Å². The third-order valence-corrected chi connectivity index (χ3v) is 2.94. The Morgan fingerprint density at radius 1 is 1.40 bits per heavy atom. The van der Waals surface area contributed by atoms with E-state index in [9.17, 15) is 18.0 Å². The lowest BCUT2D eigenvalue weighted by molar-refractivity contribution is -0.139. The van der Waals surface area contributed by atoms with E-state index in [0.29, 0.717) is 0 Å². The summed E-state index contributed by atoms with van der Waals surface area (Å²) in [7, 11) is -4.39. The van der Waals surface area contributed by atoms with Crippen molar-refractivity contribution in [2.24, 2.45) is 5.73 Å². The first-order valence-electron chi connectivity index (χ1n) is 5.20. The van der Waals surface area contributed by atoms with Gasteiger partial charge >= 0.3 is 12.1 Å². The smallest absolute Gasteiger partial charge is 0.411 e. The van der Waals surface area contributed by atoms with Gasteiger partial charge < -0.3 is 15.6 Å². The van der Waals surface area contributed by atoms with E-state index in [4.69, 9.17) is 15.4 Å². The fourth-order valence-electron chi connectivity index (χ4n) is 1.12. The van der Waals surface area contributed by atoms with Gasteiger partial charge in [0.25, 0.3) is 10.1 Å². The molecule has 9 nitrogen and oxygen atoms in total. The highest BCUT2D eigenvalue weighted by Gasteiger charge is 2.15. The number of nitrogens with one attached hydrogen (secondary N) is 1. The Morgan fingerprint density at radius 2 is 2.05 bits per heavy atom. The lowest BCUT2D eigenvalue weighted by Gasteiger charge is -2.09. The molecule has 0 bridgehead atoms. The van der Waals surface area contributed by atoms with Gasteiger partial charge in [-0.3, -0.25) is 14.7 Å². The summed E-state index contributed by atoms with van der Waals surface area (Å²) >= 11 is 0. The lowest BCUT2D eigenvalue weighted by Crippen LogP contribution is -2.36. The molecule has 0 saturated heterocycles. The summed E-state index contributed by atoms with van der Waals surface area (Å²) in [5.41, 5.74) is 5.17. The van der Waals surface area contributed by atoms with E-state index >= 15 is 0 Å². The lowest BCUT2D eigenvalue weighted by atomic mass is 10.3. The molecule has 0 saturated carbocycles. The second-order valence-electron chi connectivity index (χ2n) is 3.67. The van der Waals surface area contributed by atoms with Crippen molar-refractivity contribution in [2.75, 3.05) is 11.9 Å². The maximum Gasteiger partial charge on any atom is 0.411 e. The average molecular weight is 304 g/mol. The van der Waals surface area contributed by atoms with Crippen LogP contribution in [0.3, 0.4) is 0 Å². The van der Waals surface area contributed by atoms with Crippen LogP contribution in [0.5, 0.6) is 0 Å². The van der Waals surface area contributed by atoms with Gasteiger partial charge in [-0.2, -0.15) is 8.42 Å². The van der Waals surface area contributed by atoms with Crippen LogP contribution in [0.15, 0.2) is 29.2 Å². The number of anilines is 1. The predicted molar refractivity (Wildman–Crippen MR) is 66.8 cm³/mol. The zero-order valence-electron chi connectivity index (χ0n) is 10.0. The molecular formula is C10H12N2O7S. The number of aliphatic carboxylic acids is 1. The minimum atomic E-state index is -4.39. The Labute approximate surface area is 114 Å². The molecule has 0 spiro atoms. The second kappa shape index (κ2) is 6.32. The maximum atomic E-state index is 11.3. The van der Waals surface area contributed by atoms with Crippen molar-refractivity contribution < 1.29 is 32.4 Å². The summed E-state index contributed by atoms with van der Waals surface area (Å²) in [6.45, 7) is -0.543. The van der Waals surface area contributed by atoms with Crippen molar-refractivity contribution in [1.82, 2.24) is 0 Å². The number of carboxylic acid groups (broad SMARTS) is 1. The second-order valence-corrected chi connectivity index (χ2v) is 5.09. The number of hydrogen-bond donors (Lipinski definition) is 4. The summed E-state index contributed by atoms with van der Waals surface area (Å²) in [5, 5.41) is 10.6. The Balaban J connectivity index is 2.65. The first kappa shape index (κ1) is 15.9. The van der Waals surface area contributed by atoms with Crippen LogP contribution in [-0.2, 0) is 19.6 Å². The number of carbonyl (C=O) groups excluding carboxylic acids is 1. The van der Waals surface area contributed by atoms with Gasteiger partial charge in [-0.15, -0.1) is 0 Å². The van der Waals surface area contributed by atoms with Gasteiger partial charge in [-0.25, -0.2) is 4.79 Å². The van der Waals surface area contributed by atoms with Crippen molar-refractivity contribution in [3.05, 3.63) is 24.3 Å². The average Bonchev–Trinajstić information content (AvgIpc) is 2.35. The van der Waals surface area contributed by atoms with Crippen molar-refractivity contribution in [3.63, 3.8) is 0 Å². The number of carbonyl (C=O) groups is 2. The van der Waals surface area contributed by atoms with Crippen LogP contribution < -0.4 is 11.1 Å². The molecule has 0 fully saturated rings. The highest BCUT2D eigenvalue weighted by Crippen LogP contribution is 2.15. The third kappa shape index (κ3) is 4.84. The van der Waals surface area contributed by atoms with E-state index in [-0.39, 0.29) is 5.69 Å². The molecule has 0 heterocycles. The first-order chi connectivity index (χ1) is 9.20. The van der Waals surface area contributed by atoms with E-state index in [0.717, 1.165) is 12.1 Å². The van der Waals surface area contributed by atoms with Gasteiger partial charge in [0.2, 0.25) is 0 Å². The minimum absolute atomic E-state index is 0.0500. The van der Waals surface area contributed by atoms with Crippen LogP contribution in [0.25, 0.3) is 0 Å². The largest absolute Gasteiger partial charge is 0.480 e. The molecule has 1 atom stereocenters. The van der Waals surface area contributed by atoms with Gasteiger partial charge in [0.15, 0.2) is 0 Å². The molecule has 0 aliphatic rings. The molecule has 10 heteroatoms. The van der Waals surface area contributed by atoms with Crippen LogP contribution in [0, 0.1) is 0 Å². The predicted octanol–water partition coefficient (Wildman–Crippen LogP) is -0.106. The molecule has 1 rings (SSSR count). The normalized spacial score (nSPS) is 12.5. The zero-order valence-corrected chi connectivity index (χ0v) is 10.8. The first-order valence-corrected chi connectivity index (χ1v) is 6.64. The van der Waals surface area contributed by atoms with Gasteiger partial charge in [0.05, 0.1) is 4.90 Å². The highest BCUT2D eigenvalue weighted by atomic mass is 32.2. The maximum absolute atomic E-state index is 11.3. The molecule has 5 N–H and O–H groups in total. The fraction of sp³-hybridized carbons (Fsp3) is 0.200.